The topological polar surface area (TPSA) is 0 Å². The lowest BCUT2D eigenvalue weighted by atomic mass is 10.0. The van der Waals surface area contributed by atoms with Gasteiger partial charge in [-0.2, -0.15) is 0 Å². The van der Waals surface area contributed by atoms with Crippen molar-refractivity contribution in [3.63, 3.8) is 0 Å². The van der Waals surface area contributed by atoms with Crippen LogP contribution in [-0.2, 0) is 0 Å². The summed E-state index contributed by atoms with van der Waals surface area (Å²) in [6.45, 7) is 6.08. The Morgan fingerprint density at radius 1 is 0.611 bits per heavy atom. The van der Waals surface area contributed by atoms with Crippen LogP contribution in [0.1, 0.15) is 96.8 Å². The molecule has 0 saturated heterocycles. The number of unbranched alkanes of at least 4 members (excludes halogenated alkanes) is 12. The fourth-order valence-corrected chi connectivity index (χ4v) is 2.34. The highest BCUT2D eigenvalue weighted by Crippen LogP contribution is 2.12. The zero-order chi connectivity index (χ0) is 13.3. The van der Waals surface area contributed by atoms with E-state index in [2.05, 4.69) is 26.0 Å². The lowest BCUT2D eigenvalue weighted by Gasteiger charge is -2.02. The highest BCUT2D eigenvalue weighted by molar-refractivity contribution is 4.81. The molecule has 0 rings (SSSR count). The van der Waals surface area contributed by atoms with Gasteiger partial charge >= 0.3 is 0 Å². The minimum Gasteiger partial charge on any atom is -0.0885 e. The van der Waals surface area contributed by atoms with Gasteiger partial charge in [-0.1, -0.05) is 89.7 Å². The summed E-state index contributed by atoms with van der Waals surface area (Å²) >= 11 is 0. The molecule has 107 valence electrons. The van der Waals surface area contributed by atoms with Crippen molar-refractivity contribution in [2.24, 2.45) is 0 Å². The first kappa shape index (κ1) is 17.7. The summed E-state index contributed by atoms with van der Waals surface area (Å²) in [7, 11) is 0. The summed E-state index contributed by atoms with van der Waals surface area (Å²) in [4.78, 5) is 0. The molecule has 0 atom stereocenters. The first-order valence-electron chi connectivity index (χ1n) is 8.36. The summed E-state index contributed by atoms with van der Waals surface area (Å²) in [6.07, 6.45) is 23.9. The van der Waals surface area contributed by atoms with Crippen molar-refractivity contribution in [2.45, 2.75) is 96.8 Å². The third-order valence-corrected chi connectivity index (χ3v) is 3.56. The van der Waals surface area contributed by atoms with Crippen LogP contribution in [0.25, 0.3) is 0 Å². The summed E-state index contributed by atoms with van der Waals surface area (Å²) in [5.41, 5.74) is 0. The molecule has 0 bridgehead atoms. The van der Waals surface area contributed by atoms with Gasteiger partial charge in [0.05, 0.1) is 0 Å². The third kappa shape index (κ3) is 15.7. The van der Waals surface area contributed by atoms with Crippen LogP contribution in [0.15, 0.2) is 12.2 Å². The van der Waals surface area contributed by atoms with Gasteiger partial charge in [-0.3, -0.25) is 0 Å². The molecule has 0 saturated carbocycles. The Kier molecular flexibility index (Phi) is 16.5. The molecular weight excluding hydrogens is 216 g/mol. The van der Waals surface area contributed by atoms with E-state index < -0.39 is 0 Å². The molecule has 0 aliphatic heterocycles. The summed E-state index contributed by atoms with van der Waals surface area (Å²) in [5.74, 6) is 0. The van der Waals surface area contributed by atoms with Crippen molar-refractivity contribution in [2.75, 3.05) is 0 Å². The third-order valence-electron chi connectivity index (χ3n) is 3.56. The number of hydrogen-bond donors (Lipinski definition) is 0. The fraction of sp³-hybridized carbons (Fsp3) is 0.833. The molecule has 1 radical (unpaired) electrons. The fourth-order valence-electron chi connectivity index (χ4n) is 2.34. The summed E-state index contributed by atoms with van der Waals surface area (Å²) in [5, 5.41) is 0. The van der Waals surface area contributed by atoms with Crippen molar-refractivity contribution in [1.29, 1.82) is 0 Å². The maximum absolute atomic E-state index is 3.80. The van der Waals surface area contributed by atoms with E-state index in [1.165, 1.54) is 83.5 Å². The molecule has 0 unspecified atom stereocenters. The monoisotopic (exact) mass is 251 g/mol. The summed E-state index contributed by atoms with van der Waals surface area (Å²) < 4.78 is 0. The van der Waals surface area contributed by atoms with Crippen LogP contribution in [0.5, 0.6) is 0 Å². The molecule has 0 amide bonds. The van der Waals surface area contributed by atoms with Gasteiger partial charge in [0.15, 0.2) is 0 Å². The van der Waals surface area contributed by atoms with Crippen molar-refractivity contribution in [3.8, 4) is 0 Å². The minimum atomic E-state index is 0.943. The van der Waals surface area contributed by atoms with Gasteiger partial charge in [0.25, 0.3) is 0 Å². The van der Waals surface area contributed by atoms with Crippen LogP contribution in [0.2, 0.25) is 0 Å². The molecule has 0 aromatic heterocycles. The molecule has 0 heterocycles. The standard InChI is InChI=1S/C18H35/c1-3-5-7-9-11-13-15-17-18-16-14-12-10-8-6-4-2/h5,7H,1,3-4,6,8-18H2,2H3. The zero-order valence-electron chi connectivity index (χ0n) is 12.8. The normalized spacial score (nSPS) is 11.4. The van der Waals surface area contributed by atoms with Gasteiger partial charge in [-0.05, 0) is 26.2 Å². The number of hydrogen-bond acceptors (Lipinski definition) is 0. The molecule has 0 heteroatoms. The molecule has 0 aromatic rings. The van der Waals surface area contributed by atoms with E-state index in [9.17, 15) is 0 Å². The first-order chi connectivity index (χ1) is 8.91. The summed E-state index contributed by atoms with van der Waals surface area (Å²) in [6, 6.07) is 0. The quantitative estimate of drug-likeness (QED) is 0.234. The molecule has 18 heavy (non-hydrogen) atoms. The van der Waals surface area contributed by atoms with E-state index >= 15 is 0 Å². The Morgan fingerprint density at radius 2 is 1.06 bits per heavy atom. The van der Waals surface area contributed by atoms with Crippen molar-refractivity contribution in [1.82, 2.24) is 0 Å². The molecular formula is C18H35. The van der Waals surface area contributed by atoms with Gasteiger partial charge in [-0.25, -0.2) is 0 Å². The van der Waals surface area contributed by atoms with E-state index in [-0.39, 0.29) is 0 Å². The van der Waals surface area contributed by atoms with Gasteiger partial charge in [-0.15, -0.1) is 0 Å². The van der Waals surface area contributed by atoms with Crippen LogP contribution >= 0.6 is 0 Å². The smallest absolute Gasteiger partial charge is 0.0351 e. The van der Waals surface area contributed by atoms with Crippen molar-refractivity contribution in [3.05, 3.63) is 19.1 Å². The van der Waals surface area contributed by atoms with Crippen LogP contribution in [0, 0.1) is 6.92 Å². The highest BCUT2D eigenvalue weighted by Gasteiger charge is 1.92. The van der Waals surface area contributed by atoms with Crippen LogP contribution in [-0.4, -0.2) is 0 Å². The lowest BCUT2D eigenvalue weighted by Crippen LogP contribution is -1.82. The average Bonchev–Trinajstić information content (AvgIpc) is 2.39. The predicted molar refractivity (Wildman–Crippen MR) is 84.8 cm³/mol. The van der Waals surface area contributed by atoms with E-state index in [1.807, 2.05) is 0 Å². The molecule has 0 fully saturated rings. The maximum atomic E-state index is 3.80. The van der Waals surface area contributed by atoms with Gasteiger partial charge in [0.2, 0.25) is 0 Å². The minimum absolute atomic E-state index is 0.943. The Balaban J connectivity index is 2.92. The van der Waals surface area contributed by atoms with E-state index in [4.69, 9.17) is 0 Å². The number of rotatable bonds is 14. The van der Waals surface area contributed by atoms with Crippen LogP contribution in [0.4, 0.5) is 0 Å². The second-order valence-electron chi connectivity index (χ2n) is 5.44. The average molecular weight is 251 g/mol. The second-order valence-corrected chi connectivity index (χ2v) is 5.44. The zero-order valence-corrected chi connectivity index (χ0v) is 12.8. The largest absolute Gasteiger partial charge is 0.0885 e. The first-order valence-corrected chi connectivity index (χ1v) is 8.36. The Bertz CT molecular complexity index is 157. The van der Waals surface area contributed by atoms with Crippen LogP contribution < -0.4 is 0 Å². The molecule has 0 N–H and O–H groups in total. The lowest BCUT2D eigenvalue weighted by molar-refractivity contribution is 0.545. The van der Waals surface area contributed by atoms with E-state index in [0.29, 0.717) is 0 Å². The molecule has 0 aromatic carbocycles. The SMILES string of the molecule is [CH2]CC=CCCCCCCCCCCCCCC. The van der Waals surface area contributed by atoms with Gasteiger partial charge in [0.1, 0.15) is 0 Å². The molecule has 0 aliphatic carbocycles. The van der Waals surface area contributed by atoms with E-state index in [0.717, 1.165) is 6.42 Å². The Morgan fingerprint density at radius 3 is 1.50 bits per heavy atom. The molecule has 0 nitrogen and oxygen atoms in total. The van der Waals surface area contributed by atoms with E-state index in [1.54, 1.807) is 0 Å². The molecule has 0 spiro atoms. The Labute approximate surface area is 116 Å². The highest BCUT2D eigenvalue weighted by atomic mass is 14.0. The predicted octanol–water partition coefficient (Wildman–Crippen LogP) is 6.86. The Hall–Kier alpha value is -0.260. The van der Waals surface area contributed by atoms with Crippen molar-refractivity contribution < 1.29 is 0 Å². The number of allylic oxidation sites excluding steroid dienone is 2. The van der Waals surface area contributed by atoms with Gasteiger partial charge < -0.3 is 0 Å². The van der Waals surface area contributed by atoms with Gasteiger partial charge in [0, 0.05) is 0 Å². The van der Waals surface area contributed by atoms with Crippen LogP contribution in [0.3, 0.4) is 0 Å². The maximum Gasteiger partial charge on any atom is -0.0351 e. The van der Waals surface area contributed by atoms with Crippen molar-refractivity contribution >= 4 is 0 Å². The molecule has 0 aliphatic rings. The second kappa shape index (κ2) is 16.7.